The molecule has 2 nitrogen and oxygen atoms in total. The van der Waals surface area contributed by atoms with Gasteiger partial charge in [0.25, 0.3) is 0 Å². The molecule has 0 aliphatic heterocycles. The molecule has 0 radical (unpaired) electrons. The molecule has 0 aromatic carbocycles. The van der Waals surface area contributed by atoms with Crippen molar-refractivity contribution in [1.29, 1.82) is 0 Å². The van der Waals surface area contributed by atoms with Crippen LogP contribution in [0.1, 0.15) is 125 Å². The third-order valence-corrected chi connectivity index (χ3v) is 8.52. The first-order valence-electron chi connectivity index (χ1n) is 12.8. The zero-order valence-corrected chi connectivity index (χ0v) is 20.1. The van der Waals surface area contributed by atoms with Gasteiger partial charge < -0.3 is 5.11 Å². The number of Topliss-reactive ketones (excluding diaryl/α,β-unsaturated/α-hetero) is 1. The molecule has 1 N–H and O–H groups in total. The Bertz CT molecular complexity index is 650. The monoisotopic (exact) mass is 430 g/mol. The van der Waals surface area contributed by atoms with Gasteiger partial charge in [-0.3, -0.25) is 4.79 Å². The normalized spacial score (nSPS) is 33.9. The lowest BCUT2D eigenvalue weighted by Crippen LogP contribution is -2.33. The molecule has 0 saturated heterocycles. The molecular formula is C29H50O2. The predicted molar refractivity (Wildman–Crippen MR) is 133 cm³/mol. The van der Waals surface area contributed by atoms with E-state index in [4.69, 9.17) is 0 Å². The van der Waals surface area contributed by atoms with Gasteiger partial charge in [-0.05, 0) is 87.9 Å². The molecule has 3 rings (SSSR count). The van der Waals surface area contributed by atoms with Crippen molar-refractivity contribution in [2.75, 3.05) is 0 Å². The highest BCUT2D eigenvalue weighted by atomic mass is 16.3. The van der Waals surface area contributed by atoms with Gasteiger partial charge in [-0.2, -0.15) is 0 Å². The quantitative estimate of drug-likeness (QED) is 0.413. The zero-order valence-electron chi connectivity index (χ0n) is 20.1. The number of hydrogen-bond donors (Lipinski definition) is 1. The second-order valence-corrected chi connectivity index (χ2v) is 11.8. The van der Waals surface area contributed by atoms with Crippen molar-refractivity contribution in [1.82, 2.24) is 0 Å². The zero-order chi connectivity index (χ0) is 21.8. The molecule has 0 bridgehead atoms. The number of hydrogen-bond acceptors (Lipinski definition) is 2. The SMILES string of the molecule is C.CC(C)(C)C(=O)CCCCCC1CCC2/C(=C/C=C3/CCC[C@H](O)C3)CCCC12C. The molecule has 2 heteroatoms. The topological polar surface area (TPSA) is 37.3 Å². The molecule has 0 spiro atoms. The maximum Gasteiger partial charge on any atom is 0.138 e. The van der Waals surface area contributed by atoms with Crippen molar-refractivity contribution in [2.24, 2.45) is 22.7 Å². The molecule has 31 heavy (non-hydrogen) atoms. The van der Waals surface area contributed by atoms with Crippen LogP contribution in [0.25, 0.3) is 0 Å². The van der Waals surface area contributed by atoms with Crippen LogP contribution in [-0.2, 0) is 4.79 Å². The summed E-state index contributed by atoms with van der Waals surface area (Å²) in [5.41, 5.74) is 3.44. The van der Waals surface area contributed by atoms with Gasteiger partial charge in [0.15, 0.2) is 0 Å². The molecule has 0 aromatic rings. The van der Waals surface area contributed by atoms with Gasteiger partial charge >= 0.3 is 0 Å². The van der Waals surface area contributed by atoms with E-state index < -0.39 is 0 Å². The summed E-state index contributed by atoms with van der Waals surface area (Å²) in [4.78, 5) is 12.1. The van der Waals surface area contributed by atoms with Crippen LogP contribution in [0.5, 0.6) is 0 Å². The number of rotatable bonds is 7. The van der Waals surface area contributed by atoms with Crippen LogP contribution in [0.3, 0.4) is 0 Å². The van der Waals surface area contributed by atoms with E-state index >= 15 is 0 Å². The van der Waals surface area contributed by atoms with Crippen molar-refractivity contribution in [3.63, 3.8) is 0 Å². The largest absolute Gasteiger partial charge is 0.393 e. The average Bonchev–Trinajstić information content (AvgIpc) is 3.02. The molecule has 0 aromatic heterocycles. The lowest BCUT2D eigenvalue weighted by atomic mass is 9.62. The number of aliphatic hydroxyl groups excluding tert-OH is 1. The second kappa shape index (κ2) is 11.3. The number of carbonyl (C=O) groups is 1. The highest BCUT2D eigenvalue weighted by Crippen LogP contribution is 2.58. The summed E-state index contributed by atoms with van der Waals surface area (Å²) in [7, 11) is 0. The lowest BCUT2D eigenvalue weighted by Gasteiger charge is -2.42. The van der Waals surface area contributed by atoms with Crippen molar-refractivity contribution in [2.45, 2.75) is 131 Å². The fourth-order valence-electron chi connectivity index (χ4n) is 6.50. The molecule has 3 unspecified atom stereocenters. The summed E-state index contributed by atoms with van der Waals surface area (Å²) < 4.78 is 0. The first kappa shape index (κ1) is 26.4. The fraction of sp³-hybridized carbons (Fsp3) is 0.828. The first-order chi connectivity index (χ1) is 14.2. The lowest BCUT2D eigenvalue weighted by molar-refractivity contribution is -0.126. The first-order valence-corrected chi connectivity index (χ1v) is 12.8. The minimum absolute atomic E-state index is 0. The van der Waals surface area contributed by atoms with Gasteiger partial charge in [0.2, 0.25) is 0 Å². The Labute approximate surface area is 193 Å². The van der Waals surface area contributed by atoms with Gasteiger partial charge in [0, 0.05) is 11.8 Å². The van der Waals surface area contributed by atoms with Crippen molar-refractivity contribution in [3.05, 3.63) is 23.3 Å². The van der Waals surface area contributed by atoms with E-state index in [0.717, 1.165) is 43.9 Å². The number of allylic oxidation sites excluding steroid dienone is 3. The Kier molecular flexibility index (Phi) is 9.61. The molecule has 3 fully saturated rings. The van der Waals surface area contributed by atoms with E-state index in [0.29, 0.717) is 11.2 Å². The minimum atomic E-state index is -0.179. The van der Waals surface area contributed by atoms with E-state index in [1.807, 2.05) is 20.8 Å². The van der Waals surface area contributed by atoms with Gasteiger partial charge in [0.05, 0.1) is 6.10 Å². The Morgan fingerprint density at radius 3 is 2.55 bits per heavy atom. The summed E-state index contributed by atoms with van der Waals surface area (Å²) in [6.45, 7) is 8.68. The van der Waals surface area contributed by atoms with Crippen LogP contribution >= 0.6 is 0 Å². The third-order valence-electron chi connectivity index (χ3n) is 8.52. The predicted octanol–water partition coefficient (Wildman–Crippen LogP) is 8.19. The van der Waals surface area contributed by atoms with E-state index in [9.17, 15) is 9.90 Å². The summed E-state index contributed by atoms with van der Waals surface area (Å²) >= 11 is 0. The van der Waals surface area contributed by atoms with Crippen LogP contribution in [0, 0.1) is 22.7 Å². The molecule has 4 atom stereocenters. The number of unbranched alkanes of at least 4 members (excludes halogenated alkanes) is 2. The Morgan fingerprint density at radius 1 is 1.06 bits per heavy atom. The van der Waals surface area contributed by atoms with E-state index in [-0.39, 0.29) is 18.9 Å². The smallest absolute Gasteiger partial charge is 0.138 e. The van der Waals surface area contributed by atoms with E-state index in [2.05, 4.69) is 19.1 Å². The molecule has 3 saturated carbocycles. The third kappa shape index (κ3) is 6.80. The van der Waals surface area contributed by atoms with Gasteiger partial charge in [-0.1, -0.05) is 71.3 Å². The van der Waals surface area contributed by atoms with Crippen molar-refractivity contribution in [3.8, 4) is 0 Å². The van der Waals surface area contributed by atoms with Gasteiger partial charge in [-0.25, -0.2) is 0 Å². The van der Waals surface area contributed by atoms with Crippen LogP contribution < -0.4 is 0 Å². The van der Waals surface area contributed by atoms with Crippen molar-refractivity contribution < 1.29 is 9.90 Å². The van der Waals surface area contributed by atoms with Crippen LogP contribution in [0.2, 0.25) is 0 Å². The van der Waals surface area contributed by atoms with Crippen LogP contribution in [-0.4, -0.2) is 17.0 Å². The number of aliphatic hydroxyl groups is 1. The molecular weight excluding hydrogens is 380 g/mol. The van der Waals surface area contributed by atoms with Crippen molar-refractivity contribution >= 4 is 5.78 Å². The highest BCUT2D eigenvalue weighted by molar-refractivity contribution is 5.83. The van der Waals surface area contributed by atoms with Crippen LogP contribution in [0.15, 0.2) is 23.3 Å². The van der Waals surface area contributed by atoms with E-state index in [1.54, 1.807) is 5.57 Å². The minimum Gasteiger partial charge on any atom is -0.393 e. The summed E-state index contributed by atoms with van der Waals surface area (Å²) in [6.07, 6.45) is 21.3. The van der Waals surface area contributed by atoms with Crippen LogP contribution in [0.4, 0.5) is 0 Å². The highest BCUT2D eigenvalue weighted by Gasteiger charge is 2.48. The summed E-state index contributed by atoms with van der Waals surface area (Å²) in [6, 6.07) is 0. The molecule has 0 heterocycles. The second-order valence-electron chi connectivity index (χ2n) is 11.8. The van der Waals surface area contributed by atoms with Gasteiger partial charge in [0.1, 0.15) is 5.78 Å². The molecule has 0 amide bonds. The average molecular weight is 431 g/mol. The number of fused-ring (bicyclic) bond motifs is 1. The van der Waals surface area contributed by atoms with E-state index in [1.165, 1.54) is 63.4 Å². The number of ketones is 1. The standard InChI is InChI=1S/C28H46O2.CH4/c1-27(2,3)26(30)14-7-5-6-12-23-17-18-25-22(11-9-19-28(23,25)4)16-15-21-10-8-13-24(29)20-21;/h15-16,23-25,29H,5-14,17-20H2,1-4H3;1H4/b21-15-,22-16+;/t23?,24-,25?,28?;/m0./s1. The molecule has 3 aliphatic rings. The maximum atomic E-state index is 12.1. The Morgan fingerprint density at radius 2 is 1.84 bits per heavy atom. The Balaban J connectivity index is 0.00000341. The van der Waals surface area contributed by atoms with Gasteiger partial charge in [-0.15, -0.1) is 0 Å². The maximum absolute atomic E-state index is 12.1. The summed E-state index contributed by atoms with van der Waals surface area (Å²) in [5, 5.41) is 9.95. The summed E-state index contributed by atoms with van der Waals surface area (Å²) in [5.74, 6) is 2.04. The molecule has 3 aliphatic carbocycles. The molecule has 178 valence electrons. The fourth-order valence-corrected chi connectivity index (χ4v) is 6.50. The number of carbonyl (C=O) groups excluding carboxylic acids is 1. The Hall–Kier alpha value is -0.890.